The maximum Gasteiger partial charge on any atom is 0.150 e. The number of hydrogen-bond donors (Lipinski definition) is 0. The van der Waals surface area contributed by atoms with Crippen molar-refractivity contribution in [3.05, 3.63) is 47.2 Å². The minimum absolute atomic E-state index is 0.0651. The maximum absolute atomic E-state index is 9.39. The van der Waals surface area contributed by atoms with Gasteiger partial charge in [0.05, 0.1) is 11.8 Å². The smallest absolute Gasteiger partial charge is 0.150 e. The molecule has 0 spiro atoms. The molecule has 0 bridgehead atoms. The van der Waals surface area contributed by atoms with Crippen LogP contribution >= 0.6 is 0 Å². The Morgan fingerprint density at radius 2 is 1.76 bits per heavy atom. The van der Waals surface area contributed by atoms with Crippen LogP contribution in [0.4, 0.5) is 0 Å². The van der Waals surface area contributed by atoms with Crippen LogP contribution in [0.2, 0.25) is 0 Å². The number of hydrazine groups is 1. The van der Waals surface area contributed by atoms with Gasteiger partial charge in [-0.05, 0) is 12.0 Å². The van der Waals surface area contributed by atoms with Crippen molar-refractivity contribution < 1.29 is 0 Å². The summed E-state index contributed by atoms with van der Waals surface area (Å²) in [6.07, 6.45) is 0.570. The third kappa shape index (κ3) is 2.58. The standard InChI is InChI=1S/C16H15N5/c1-20(2)21-14(11-19)8-15(12-6-4-3-5-7-12)16(21)13(9-17)10-18/h3-7,14-15H,8H2,1-2H3/t14-,15+/m1/s1. The largest absolute Gasteiger partial charge is 0.290 e. The third-order valence-corrected chi connectivity index (χ3v) is 3.59. The molecular formula is C16H15N5. The van der Waals surface area contributed by atoms with Crippen molar-refractivity contribution in [2.45, 2.75) is 18.4 Å². The highest BCUT2D eigenvalue weighted by Crippen LogP contribution is 2.42. The Morgan fingerprint density at radius 1 is 1.14 bits per heavy atom. The normalized spacial score (nSPS) is 20.8. The lowest BCUT2D eigenvalue weighted by molar-refractivity contribution is 0.0606. The molecule has 0 radical (unpaired) electrons. The SMILES string of the molecule is CN(C)N1C(=C(C#N)C#N)[C@H](c2ccccc2)C[C@@H]1C#N. The molecule has 1 aliphatic heterocycles. The van der Waals surface area contributed by atoms with Gasteiger partial charge >= 0.3 is 0 Å². The maximum atomic E-state index is 9.39. The van der Waals surface area contributed by atoms with Crippen LogP contribution in [0, 0.1) is 34.0 Å². The van der Waals surface area contributed by atoms with Crippen LogP contribution in [-0.4, -0.2) is 30.2 Å². The molecule has 5 nitrogen and oxygen atoms in total. The fourth-order valence-electron chi connectivity index (χ4n) is 2.77. The number of nitrogens with zero attached hydrogens (tertiary/aromatic N) is 5. The number of rotatable bonds is 2. The van der Waals surface area contributed by atoms with Gasteiger partial charge in [-0.3, -0.25) is 5.01 Å². The summed E-state index contributed by atoms with van der Waals surface area (Å²) < 4.78 is 0. The molecule has 1 aromatic rings. The van der Waals surface area contributed by atoms with Crippen LogP contribution in [0.15, 0.2) is 41.6 Å². The fourth-order valence-corrected chi connectivity index (χ4v) is 2.77. The van der Waals surface area contributed by atoms with Crippen LogP contribution in [0.5, 0.6) is 0 Å². The van der Waals surface area contributed by atoms with Gasteiger partial charge in [0, 0.05) is 20.0 Å². The second-order valence-electron chi connectivity index (χ2n) is 5.02. The van der Waals surface area contributed by atoms with Crippen LogP contribution in [0.25, 0.3) is 0 Å². The summed E-state index contributed by atoms with van der Waals surface area (Å²) in [6.45, 7) is 0. The average molecular weight is 277 g/mol. The van der Waals surface area contributed by atoms with E-state index in [0.717, 1.165) is 5.56 Å². The summed E-state index contributed by atoms with van der Waals surface area (Å²) >= 11 is 0. The van der Waals surface area contributed by atoms with Gasteiger partial charge < -0.3 is 0 Å². The second-order valence-corrected chi connectivity index (χ2v) is 5.02. The van der Waals surface area contributed by atoms with Crippen molar-refractivity contribution in [2.75, 3.05) is 14.1 Å². The van der Waals surface area contributed by atoms with Gasteiger partial charge in [-0.15, -0.1) is 0 Å². The molecule has 2 atom stereocenters. The first kappa shape index (κ1) is 14.6. The van der Waals surface area contributed by atoms with Crippen LogP contribution in [0.3, 0.4) is 0 Å². The summed E-state index contributed by atoms with van der Waals surface area (Å²) in [7, 11) is 3.62. The summed E-state index contributed by atoms with van der Waals surface area (Å²) in [5, 5.41) is 31.4. The number of benzene rings is 1. The molecule has 1 fully saturated rings. The molecule has 1 saturated heterocycles. The van der Waals surface area contributed by atoms with Gasteiger partial charge in [-0.25, -0.2) is 5.01 Å². The van der Waals surface area contributed by atoms with Gasteiger partial charge in [-0.1, -0.05) is 30.3 Å². The predicted octanol–water partition coefficient (Wildman–Crippen LogP) is 2.15. The van der Waals surface area contributed by atoms with Crippen molar-refractivity contribution >= 4 is 0 Å². The topological polar surface area (TPSA) is 77.8 Å². The van der Waals surface area contributed by atoms with Gasteiger partial charge in [-0.2, -0.15) is 15.8 Å². The zero-order valence-electron chi connectivity index (χ0n) is 12.0. The molecule has 1 aromatic carbocycles. The molecule has 1 heterocycles. The van der Waals surface area contributed by atoms with Gasteiger partial charge in [0.2, 0.25) is 0 Å². The van der Waals surface area contributed by atoms with E-state index in [1.807, 2.05) is 56.6 Å². The molecular weight excluding hydrogens is 262 g/mol. The monoisotopic (exact) mass is 277 g/mol. The van der Waals surface area contributed by atoms with E-state index in [1.165, 1.54) is 0 Å². The summed E-state index contributed by atoms with van der Waals surface area (Å²) in [5.41, 5.74) is 1.69. The minimum atomic E-state index is -0.378. The van der Waals surface area contributed by atoms with E-state index in [1.54, 1.807) is 10.0 Å². The van der Waals surface area contributed by atoms with Gasteiger partial charge in [0.25, 0.3) is 0 Å². The van der Waals surface area contributed by atoms with Gasteiger partial charge in [0.15, 0.2) is 5.57 Å². The minimum Gasteiger partial charge on any atom is -0.290 e. The lowest BCUT2D eigenvalue weighted by Gasteiger charge is -2.31. The molecule has 0 amide bonds. The molecule has 2 rings (SSSR count). The van der Waals surface area contributed by atoms with Crippen LogP contribution in [-0.2, 0) is 0 Å². The third-order valence-electron chi connectivity index (χ3n) is 3.59. The zero-order chi connectivity index (χ0) is 15.4. The number of allylic oxidation sites excluding steroid dienone is 2. The number of hydrogen-bond acceptors (Lipinski definition) is 5. The number of nitriles is 3. The molecule has 5 heteroatoms. The first-order valence-corrected chi connectivity index (χ1v) is 6.59. The Labute approximate surface area is 124 Å². The van der Waals surface area contributed by atoms with Gasteiger partial charge in [0.1, 0.15) is 18.2 Å². The lowest BCUT2D eigenvalue weighted by atomic mass is 9.92. The molecule has 0 unspecified atom stereocenters. The first-order chi connectivity index (χ1) is 10.1. The highest BCUT2D eigenvalue weighted by atomic mass is 15.6. The first-order valence-electron chi connectivity index (χ1n) is 6.59. The fraction of sp³-hybridized carbons (Fsp3) is 0.312. The molecule has 104 valence electrons. The van der Waals surface area contributed by atoms with E-state index in [9.17, 15) is 15.8 Å². The van der Waals surface area contributed by atoms with Crippen LogP contribution < -0.4 is 0 Å². The van der Waals surface area contributed by atoms with Crippen molar-refractivity contribution in [1.29, 1.82) is 15.8 Å². The molecule has 0 N–H and O–H groups in total. The Hall–Kier alpha value is -2.81. The van der Waals surface area contributed by atoms with Crippen molar-refractivity contribution in [1.82, 2.24) is 10.0 Å². The predicted molar refractivity (Wildman–Crippen MR) is 77.0 cm³/mol. The molecule has 0 aliphatic carbocycles. The quantitative estimate of drug-likeness (QED) is 0.774. The molecule has 0 aromatic heterocycles. The van der Waals surface area contributed by atoms with Crippen LogP contribution in [0.1, 0.15) is 17.9 Å². The Morgan fingerprint density at radius 3 is 2.24 bits per heavy atom. The van der Waals surface area contributed by atoms with Crippen molar-refractivity contribution in [2.24, 2.45) is 0 Å². The zero-order valence-corrected chi connectivity index (χ0v) is 12.0. The molecule has 21 heavy (non-hydrogen) atoms. The lowest BCUT2D eigenvalue weighted by Crippen LogP contribution is -2.39. The van der Waals surface area contributed by atoms with Crippen molar-refractivity contribution in [3.63, 3.8) is 0 Å². The molecule has 1 aliphatic rings. The molecule has 0 saturated carbocycles. The Balaban J connectivity index is 2.61. The second kappa shape index (κ2) is 6.09. The van der Waals surface area contributed by atoms with E-state index in [2.05, 4.69) is 6.07 Å². The highest BCUT2D eigenvalue weighted by Gasteiger charge is 2.40. The Kier molecular flexibility index (Phi) is 4.24. The summed E-state index contributed by atoms with van der Waals surface area (Å²) in [4.78, 5) is 0. The van der Waals surface area contributed by atoms with E-state index in [4.69, 9.17) is 0 Å². The summed E-state index contributed by atoms with van der Waals surface area (Å²) in [6, 6.07) is 15.5. The van der Waals surface area contributed by atoms with E-state index < -0.39 is 0 Å². The van der Waals surface area contributed by atoms with E-state index in [0.29, 0.717) is 12.1 Å². The Bertz CT molecular complexity index is 653. The van der Waals surface area contributed by atoms with Crippen molar-refractivity contribution in [3.8, 4) is 18.2 Å². The van der Waals surface area contributed by atoms with E-state index in [-0.39, 0.29) is 17.5 Å². The average Bonchev–Trinajstić information content (AvgIpc) is 2.89. The van der Waals surface area contributed by atoms with E-state index >= 15 is 0 Å². The summed E-state index contributed by atoms with van der Waals surface area (Å²) in [5.74, 6) is -0.118. The highest BCUT2D eigenvalue weighted by molar-refractivity contribution is 5.47.